The lowest BCUT2D eigenvalue weighted by molar-refractivity contribution is -0.686. The predicted octanol–water partition coefficient (Wildman–Crippen LogP) is 1.97. The molecule has 0 aromatic heterocycles. The zero-order valence-corrected chi connectivity index (χ0v) is 11.4. The molecular formula is C16H20NO2+. The first-order chi connectivity index (χ1) is 9.33. The van der Waals surface area contributed by atoms with E-state index in [0.717, 1.165) is 24.6 Å². The topological polar surface area (TPSA) is 35.1 Å². The van der Waals surface area contributed by atoms with E-state index < -0.39 is 0 Å². The van der Waals surface area contributed by atoms with E-state index in [9.17, 15) is 0 Å². The number of methoxy groups -OCH3 is 2. The van der Waals surface area contributed by atoms with Gasteiger partial charge in [-0.05, 0) is 18.2 Å². The molecular weight excluding hydrogens is 238 g/mol. The first kappa shape index (κ1) is 13.4. The van der Waals surface area contributed by atoms with Gasteiger partial charge in [0.1, 0.15) is 13.1 Å². The van der Waals surface area contributed by atoms with E-state index in [4.69, 9.17) is 9.47 Å². The Morgan fingerprint density at radius 3 is 2.16 bits per heavy atom. The molecule has 100 valence electrons. The summed E-state index contributed by atoms with van der Waals surface area (Å²) in [6.07, 6.45) is 0. The van der Waals surface area contributed by atoms with Gasteiger partial charge in [-0.3, -0.25) is 0 Å². The number of quaternary nitrogens is 1. The van der Waals surface area contributed by atoms with Crippen LogP contribution in [0.5, 0.6) is 11.5 Å². The highest BCUT2D eigenvalue weighted by Crippen LogP contribution is 2.27. The molecule has 19 heavy (non-hydrogen) atoms. The van der Waals surface area contributed by atoms with Crippen LogP contribution in [0, 0.1) is 0 Å². The maximum atomic E-state index is 5.30. The molecule has 0 unspecified atom stereocenters. The molecule has 0 radical (unpaired) electrons. The van der Waals surface area contributed by atoms with E-state index in [1.807, 2.05) is 18.2 Å². The van der Waals surface area contributed by atoms with Crippen molar-refractivity contribution in [1.29, 1.82) is 0 Å². The monoisotopic (exact) mass is 258 g/mol. The van der Waals surface area contributed by atoms with E-state index in [2.05, 4.69) is 35.6 Å². The van der Waals surface area contributed by atoms with Crippen LogP contribution in [-0.2, 0) is 13.1 Å². The Balaban J connectivity index is 1.93. The van der Waals surface area contributed by atoms with E-state index in [1.165, 1.54) is 11.1 Å². The maximum absolute atomic E-state index is 5.30. The quantitative estimate of drug-likeness (QED) is 0.859. The highest BCUT2D eigenvalue weighted by atomic mass is 16.5. The third-order valence-electron chi connectivity index (χ3n) is 3.05. The lowest BCUT2D eigenvalue weighted by Crippen LogP contribution is -2.80. The van der Waals surface area contributed by atoms with Gasteiger partial charge in [-0.25, -0.2) is 0 Å². The molecule has 0 atom stereocenters. The summed E-state index contributed by atoms with van der Waals surface area (Å²) >= 11 is 0. The lowest BCUT2D eigenvalue weighted by atomic mass is 10.2. The molecule has 2 aromatic carbocycles. The summed E-state index contributed by atoms with van der Waals surface area (Å²) in [5.74, 6) is 1.56. The second-order valence-corrected chi connectivity index (χ2v) is 4.37. The zero-order valence-electron chi connectivity index (χ0n) is 11.4. The Morgan fingerprint density at radius 1 is 0.789 bits per heavy atom. The summed E-state index contributed by atoms with van der Waals surface area (Å²) in [5.41, 5.74) is 2.57. The molecule has 0 aliphatic heterocycles. The van der Waals surface area contributed by atoms with Gasteiger partial charge >= 0.3 is 0 Å². The minimum atomic E-state index is 0.773. The summed E-state index contributed by atoms with van der Waals surface area (Å²) in [7, 11) is 3.31. The van der Waals surface area contributed by atoms with Crippen LogP contribution in [0.15, 0.2) is 48.5 Å². The summed E-state index contributed by atoms with van der Waals surface area (Å²) in [5, 5.41) is 2.27. The molecule has 0 amide bonds. The molecule has 0 aliphatic rings. The van der Waals surface area contributed by atoms with Gasteiger partial charge in [-0.1, -0.05) is 30.3 Å². The second kappa shape index (κ2) is 6.81. The van der Waals surface area contributed by atoms with Gasteiger partial charge in [-0.15, -0.1) is 0 Å². The van der Waals surface area contributed by atoms with Crippen LogP contribution < -0.4 is 14.8 Å². The lowest BCUT2D eigenvalue weighted by Gasteiger charge is -2.09. The van der Waals surface area contributed by atoms with Crippen LogP contribution in [0.25, 0.3) is 0 Å². The Morgan fingerprint density at radius 2 is 1.47 bits per heavy atom. The fourth-order valence-corrected chi connectivity index (χ4v) is 2.03. The summed E-state index contributed by atoms with van der Waals surface area (Å²) < 4.78 is 10.5. The van der Waals surface area contributed by atoms with Crippen LogP contribution >= 0.6 is 0 Å². The standard InChI is InChI=1S/C16H19NO2/c1-18-15-9-8-14(10-16(15)19-2)12-17-11-13-6-4-3-5-7-13/h3-10,17H,11-12H2,1-2H3/p+1. The van der Waals surface area contributed by atoms with Crippen molar-refractivity contribution in [2.75, 3.05) is 14.2 Å². The first-order valence-electron chi connectivity index (χ1n) is 6.40. The van der Waals surface area contributed by atoms with Crippen LogP contribution in [-0.4, -0.2) is 14.2 Å². The van der Waals surface area contributed by atoms with Crippen LogP contribution in [0.1, 0.15) is 11.1 Å². The number of nitrogens with two attached hydrogens (primary N) is 1. The fourth-order valence-electron chi connectivity index (χ4n) is 2.03. The number of ether oxygens (including phenoxy) is 2. The van der Waals surface area contributed by atoms with Crippen LogP contribution in [0.4, 0.5) is 0 Å². The Labute approximate surface area is 114 Å². The average Bonchev–Trinajstić information content (AvgIpc) is 2.48. The van der Waals surface area contributed by atoms with Crippen molar-refractivity contribution in [3.05, 3.63) is 59.7 Å². The normalized spacial score (nSPS) is 10.2. The molecule has 3 heteroatoms. The molecule has 0 saturated heterocycles. The predicted molar refractivity (Wildman–Crippen MR) is 75.3 cm³/mol. The molecule has 0 aliphatic carbocycles. The van der Waals surface area contributed by atoms with Crippen LogP contribution in [0.2, 0.25) is 0 Å². The Kier molecular flexibility index (Phi) is 4.81. The third-order valence-corrected chi connectivity index (χ3v) is 3.05. The van der Waals surface area contributed by atoms with Gasteiger partial charge < -0.3 is 14.8 Å². The smallest absolute Gasteiger partial charge is 0.161 e. The number of rotatable bonds is 6. The molecule has 0 heterocycles. The SMILES string of the molecule is COc1ccc(C[NH2+]Cc2ccccc2)cc1OC. The molecule has 2 rings (SSSR count). The summed E-state index contributed by atoms with van der Waals surface area (Å²) in [6.45, 7) is 1.91. The van der Waals surface area contributed by atoms with Crippen molar-refractivity contribution in [3.8, 4) is 11.5 Å². The van der Waals surface area contributed by atoms with Gasteiger partial charge in [0.2, 0.25) is 0 Å². The highest BCUT2D eigenvalue weighted by Gasteiger charge is 2.05. The van der Waals surface area contributed by atoms with Crippen molar-refractivity contribution in [3.63, 3.8) is 0 Å². The van der Waals surface area contributed by atoms with Crippen LogP contribution in [0.3, 0.4) is 0 Å². The van der Waals surface area contributed by atoms with E-state index >= 15 is 0 Å². The fraction of sp³-hybridized carbons (Fsp3) is 0.250. The van der Waals surface area contributed by atoms with Crippen molar-refractivity contribution in [2.24, 2.45) is 0 Å². The molecule has 0 saturated carbocycles. The maximum Gasteiger partial charge on any atom is 0.161 e. The van der Waals surface area contributed by atoms with E-state index in [-0.39, 0.29) is 0 Å². The molecule has 0 bridgehead atoms. The molecule has 0 spiro atoms. The number of benzene rings is 2. The molecule has 2 N–H and O–H groups in total. The van der Waals surface area contributed by atoms with Gasteiger partial charge in [0, 0.05) is 11.1 Å². The number of hydrogen-bond donors (Lipinski definition) is 1. The summed E-state index contributed by atoms with van der Waals surface area (Å²) in [6, 6.07) is 16.5. The van der Waals surface area contributed by atoms with Crippen molar-refractivity contribution in [1.82, 2.24) is 0 Å². The van der Waals surface area contributed by atoms with E-state index in [1.54, 1.807) is 14.2 Å². The second-order valence-electron chi connectivity index (χ2n) is 4.37. The van der Waals surface area contributed by atoms with Gasteiger partial charge in [0.25, 0.3) is 0 Å². The van der Waals surface area contributed by atoms with E-state index in [0.29, 0.717) is 0 Å². The summed E-state index contributed by atoms with van der Waals surface area (Å²) in [4.78, 5) is 0. The molecule has 2 aromatic rings. The van der Waals surface area contributed by atoms with Gasteiger partial charge in [0.05, 0.1) is 14.2 Å². The third kappa shape index (κ3) is 3.73. The minimum Gasteiger partial charge on any atom is -0.493 e. The number of hydrogen-bond acceptors (Lipinski definition) is 2. The van der Waals surface area contributed by atoms with Gasteiger partial charge in [0.15, 0.2) is 11.5 Å². The Bertz CT molecular complexity index is 511. The van der Waals surface area contributed by atoms with Crippen molar-refractivity contribution < 1.29 is 14.8 Å². The average molecular weight is 258 g/mol. The zero-order chi connectivity index (χ0) is 13.5. The molecule has 0 fully saturated rings. The first-order valence-corrected chi connectivity index (χ1v) is 6.40. The minimum absolute atomic E-state index is 0.773. The largest absolute Gasteiger partial charge is 0.493 e. The highest BCUT2D eigenvalue weighted by molar-refractivity contribution is 5.42. The Hall–Kier alpha value is -2.00. The van der Waals surface area contributed by atoms with Crippen molar-refractivity contribution in [2.45, 2.75) is 13.1 Å². The van der Waals surface area contributed by atoms with Gasteiger partial charge in [-0.2, -0.15) is 0 Å². The molecule has 3 nitrogen and oxygen atoms in total. The van der Waals surface area contributed by atoms with Crippen molar-refractivity contribution >= 4 is 0 Å².